The van der Waals surface area contributed by atoms with Gasteiger partial charge in [-0.25, -0.2) is 9.97 Å². The maximum atomic E-state index is 4.62. The van der Waals surface area contributed by atoms with Crippen LogP contribution in [0.3, 0.4) is 0 Å². The SMILES string of the molecule is c1ccc(-c2csc(CNCc3ncc[nH]3)n2)cc1. The van der Waals surface area contributed by atoms with Gasteiger partial charge in [0.25, 0.3) is 0 Å². The van der Waals surface area contributed by atoms with Gasteiger partial charge >= 0.3 is 0 Å². The smallest absolute Gasteiger partial charge is 0.120 e. The number of rotatable bonds is 5. The molecule has 0 spiro atoms. The second kappa shape index (κ2) is 5.77. The van der Waals surface area contributed by atoms with Crippen molar-refractivity contribution in [2.75, 3.05) is 0 Å². The van der Waals surface area contributed by atoms with E-state index in [1.165, 1.54) is 0 Å². The van der Waals surface area contributed by atoms with Crippen LogP contribution in [-0.2, 0) is 13.1 Å². The highest BCUT2D eigenvalue weighted by molar-refractivity contribution is 7.09. The number of hydrogen-bond donors (Lipinski definition) is 2. The van der Waals surface area contributed by atoms with Gasteiger partial charge in [-0.15, -0.1) is 11.3 Å². The third-order valence-electron chi connectivity index (χ3n) is 2.74. The fourth-order valence-corrected chi connectivity index (χ4v) is 2.59. The third kappa shape index (κ3) is 3.07. The van der Waals surface area contributed by atoms with E-state index in [2.05, 4.69) is 37.8 Å². The molecule has 4 nitrogen and oxygen atoms in total. The summed E-state index contributed by atoms with van der Waals surface area (Å²) in [6.07, 6.45) is 3.59. The summed E-state index contributed by atoms with van der Waals surface area (Å²) in [6.45, 7) is 1.49. The van der Waals surface area contributed by atoms with Crippen LogP contribution in [0.4, 0.5) is 0 Å². The molecule has 5 heteroatoms. The molecule has 0 saturated carbocycles. The molecule has 0 amide bonds. The van der Waals surface area contributed by atoms with E-state index in [4.69, 9.17) is 0 Å². The minimum absolute atomic E-state index is 0.729. The Morgan fingerprint density at radius 3 is 2.84 bits per heavy atom. The van der Waals surface area contributed by atoms with E-state index in [0.29, 0.717) is 0 Å². The van der Waals surface area contributed by atoms with Crippen LogP contribution in [0.1, 0.15) is 10.8 Å². The number of benzene rings is 1. The molecule has 0 fully saturated rings. The van der Waals surface area contributed by atoms with Gasteiger partial charge in [0, 0.05) is 29.9 Å². The standard InChI is InChI=1S/C14H14N4S/c1-2-4-11(5-3-1)12-10-19-14(18-12)9-15-8-13-16-6-7-17-13/h1-7,10,15H,8-9H2,(H,16,17). The first-order chi connectivity index (χ1) is 9.42. The van der Waals surface area contributed by atoms with Gasteiger partial charge < -0.3 is 10.3 Å². The van der Waals surface area contributed by atoms with E-state index in [-0.39, 0.29) is 0 Å². The van der Waals surface area contributed by atoms with Crippen molar-refractivity contribution in [1.29, 1.82) is 0 Å². The zero-order valence-electron chi connectivity index (χ0n) is 10.3. The topological polar surface area (TPSA) is 53.6 Å². The molecule has 0 aliphatic carbocycles. The number of aromatic amines is 1. The Morgan fingerprint density at radius 1 is 1.16 bits per heavy atom. The maximum Gasteiger partial charge on any atom is 0.120 e. The molecule has 2 heterocycles. The van der Waals surface area contributed by atoms with E-state index < -0.39 is 0 Å². The van der Waals surface area contributed by atoms with Crippen LogP contribution in [0.5, 0.6) is 0 Å². The second-order valence-electron chi connectivity index (χ2n) is 4.13. The molecule has 3 aromatic rings. The van der Waals surface area contributed by atoms with E-state index in [0.717, 1.165) is 35.2 Å². The lowest BCUT2D eigenvalue weighted by atomic mass is 10.2. The molecule has 3 rings (SSSR count). The molecule has 96 valence electrons. The average molecular weight is 270 g/mol. The quantitative estimate of drug-likeness (QED) is 0.749. The highest BCUT2D eigenvalue weighted by atomic mass is 32.1. The van der Waals surface area contributed by atoms with Gasteiger partial charge in [-0.05, 0) is 0 Å². The molecule has 19 heavy (non-hydrogen) atoms. The lowest BCUT2D eigenvalue weighted by Gasteiger charge is -1.99. The summed E-state index contributed by atoms with van der Waals surface area (Å²) in [5, 5.41) is 6.51. The lowest BCUT2D eigenvalue weighted by Crippen LogP contribution is -2.13. The number of imidazole rings is 1. The number of aromatic nitrogens is 3. The monoisotopic (exact) mass is 270 g/mol. The first kappa shape index (κ1) is 12.1. The van der Waals surface area contributed by atoms with Crippen LogP contribution >= 0.6 is 11.3 Å². The van der Waals surface area contributed by atoms with Crippen LogP contribution in [0, 0.1) is 0 Å². The number of hydrogen-bond acceptors (Lipinski definition) is 4. The lowest BCUT2D eigenvalue weighted by molar-refractivity contribution is 0.666. The zero-order chi connectivity index (χ0) is 12.9. The van der Waals surface area contributed by atoms with Gasteiger partial charge in [-0.3, -0.25) is 0 Å². The minimum Gasteiger partial charge on any atom is -0.348 e. The van der Waals surface area contributed by atoms with Gasteiger partial charge in [0.1, 0.15) is 10.8 Å². The van der Waals surface area contributed by atoms with Crippen LogP contribution in [0.15, 0.2) is 48.1 Å². The van der Waals surface area contributed by atoms with Crippen LogP contribution < -0.4 is 5.32 Å². The van der Waals surface area contributed by atoms with Crippen molar-refractivity contribution < 1.29 is 0 Å². The van der Waals surface area contributed by atoms with Gasteiger partial charge in [-0.2, -0.15) is 0 Å². The van der Waals surface area contributed by atoms with Crippen molar-refractivity contribution >= 4 is 11.3 Å². The molecule has 0 bridgehead atoms. The molecular formula is C14H14N4S. The highest BCUT2D eigenvalue weighted by Gasteiger charge is 2.04. The summed E-state index contributed by atoms with van der Waals surface area (Å²) in [4.78, 5) is 11.9. The Morgan fingerprint density at radius 2 is 2.05 bits per heavy atom. The molecule has 0 unspecified atom stereocenters. The molecule has 1 aromatic carbocycles. The van der Waals surface area contributed by atoms with Crippen molar-refractivity contribution in [2.24, 2.45) is 0 Å². The number of thiazole rings is 1. The molecule has 0 aliphatic heterocycles. The largest absolute Gasteiger partial charge is 0.348 e. The Balaban J connectivity index is 1.59. The van der Waals surface area contributed by atoms with Crippen molar-refractivity contribution in [3.05, 3.63) is 58.9 Å². The normalized spacial score (nSPS) is 10.7. The Labute approximate surface area is 115 Å². The zero-order valence-corrected chi connectivity index (χ0v) is 11.2. The van der Waals surface area contributed by atoms with Crippen LogP contribution in [0.2, 0.25) is 0 Å². The van der Waals surface area contributed by atoms with Gasteiger partial charge in [0.2, 0.25) is 0 Å². The van der Waals surface area contributed by atoms with Gasteiger partial charge in [0.15, 0.2) is 0 Å². The molecule has 0 radical (unpaired) electrons. The molecule has 2 N–H and O–H groups in total. The van der Waals surface area contributed by atoms with E-state index in [9.17, 15) is 0 Å². The summed E-state index contributed by atoms with van der Waals surface area (Å²) in [5.41, 5.74) is 2.21. The summed E-state index contributed by atoms with van der Waals surface area (Å²) >= 11 is 1.68. The van der Waals surface area contributed by atoms with Crippen molar-refractivity contribution in [1.82, 2.24) is 20.3 Å². The van der Waals surface area contributed by atoms with Crippen molar-refractivity contribution in [3.63, 3.8) is 0 Å². The maximum absolute atomic E-state index is 4.62. The number of nitrogens with zero attached hydrogens (tertiary/aromatic N) is 2. The van der Waals surface area contributed by atoms with E-state index in [1.54, 1.807) is 17.5 Å². The Kier molecular flexibility index (Phi) is 3.67. The number of nitrogens with one attached hydrogen (secondary N) is 2. The van der Waals surface area contributed by atoms with E-state index in [1.807, 2.05) is 24.4 Å². The first-order valence-electron chi connectivity index (χ1n) is 6.10. The first-order valence-corrected chi connectivity index (χ1v) is 6.98. The predicted molar refractivity (Wildman–Crippen MR) is 76.7 cm³/mol. The van der Waals surface area contributed by atoms with E-state index >= 15 is 0 Å². The Bertz CT molecular complexity index is 616. The predicted octanol–water partition coefficient (Wildman–Crippen LogP) is 2.82. The van der Waals surface area contributed by atoms with Gasteiger partial charge in [0.05, 0.1) is 12.2 Å². The molecular weight excluding hydrogens is 256 g/mol. The summed E-state index contributed by atoms with van der Waals surface area (Å²) < 4.78 is 0. The average Bonchev–Trinajstić information content (AvgIpc) is 3.11. The number of H-pyrrole nitrogens is 1. The summed E-state index contributed by atoms with van der Waals surface area (Å²) in [5.74, 6) is 0.944. The summed E-state index contributed by atoms with van der Waals surface area (Å²) in [6, 6.07) is 10.2. The summed E-state index contributed by atoms with van der Waals surface area (Å²) in [7, 11) is 0. The second-order valence-corrected chi connectivity index (χ2v) is 5.07. The highest BCUT2D eigenvalue weighted by Crippen LogP contribution is 2.21. The van der Waals surface area contributed by atoms with Gasteiger partial charge in [-0.1, -0.05) is 30.3 Å². The molecule has 2 aromatic heterocycles. The van der Waals surface area contributed by atoms with Crippen molar-refractivity contribution in [2.45, 2.75) is 13.1 Å². The molecule has 0 saturated heterocycles. The third-order valence-corrected chi connectivity index (χ3v) is 3.59. The van der Waals surface area contributed by atoms with Crippen LogP contribution in [0.25, 0.3) is 11.3 Å². The fourth-order valence-electron chi connectivity index (χ4n) is 1.82. The molecule has 0 aliphatic rings. The Hall–Kier alpha value is -1.98. The molecule has 0 atom stereocenters. The van der Waals surface area contributed by atoms with Crippen molar-refractivity contribution in [3.8, 4) is 11.3 Å². The minimum atomic E-state index is 0.729. The van der Waals surface area contributed by atoms with Crippen LogP contribution in [-0.4, -0.2) is 15.0 Å². The fraction of sp³-hybridized carbons (Fsp3) is 0.143.